The lowest BCUT2D eigenvalue weighted by molar-refractivity contribution is 0.129. The number of rotatable bonds is 5. The minimum atomic E-state index is 0.156. The van der Waals surface area contributed by atoms with Gasteiger partial charge in [-0.15, -0.1) is 11.8 Å². The summed E-state index contributed by atoms with van der Waals surface area (Å²) in [6, 6.07) is 8.63. The fraction of sp³-hybridized carbons (Fsp3) is 0.571. The van der Waals surface area contributed by atoms with Crippen LogP contribution in [0.25, 0.3) is 0 Å². The Hall–Kier alpha value is -0.510. The molecule has 1 aromatic carbocycles. The monoisotopic (exact) mass is 251 g/mol. The molecule has 0 radical (unpaired) electrons. The molecule has 1 fully saturated rings. The second-order valence-corrected chi connectivity index (χ2v) is 5.56. The van der Waals surface area contributed by atoms with Crippen LogP contribution in [-0.2, 0) is 4.74 Å². The number of benzene rings is 1. The highest BCUT2D eigenvalue weighted by Gasteiger charge is 2.17. The second-order valence-electron chi connectivity index (χ2n) is 4.50. The van der Waals surface area contributed by atoms with Gasteiger partial charge in [0.15, 0.2) is 0 Å². The van der Waals surface area contributed by atoms with E-state index in [-0.39, 0.29) is 6.04 Å². The van der Waals surface area contributed by atoms with Gasteiger partial charge in [0.25, 0.3) is 0 Å². The summed E-state index contributed by atoms with van der Waals surface area (Å²) in [6.07, 6.45) is 3.83. The number of ether oxygens (including phenoxy) is 1. The van der Waals surface area contributed by atoms with E-state index in [1.807, 2.05) is 11.8 Å². The van der Waals surface area contributed by atoms with Crippen molar-refractivity contribution in [3.63, 3.8) is 0 Å². The molecule has 0 bridgehead atoms. The molecule has 2 rings (SSSR count). The van der Waals surface area contributed by atoms with Crippen molar-refractivity contribution in [1.29, 1.82) is 0 Å². The smallest absolute Gasteiger partial charge is 0.0669 e. The van der Waals surface area contributed by atoms with Gasteiger partial charge in [-0.25, -0.2) is 0 Å². The topological polar surface area (TPSA) is 35.2 Å². The molecule has 17 heavy (non-hydrogen) atoms. The van der Waals surface area contributed by atoms with Crippen LogP contribution in [0.4, 0.5) is 0 Å². The third-order valence-corrected chi connectivity index (χ3v) is 4.43. The van der Waals surface area contributed by atoms with Gasteiger partial charge in [0.1, 0.15) is 0 Å². The van der Waals surface area contributed by atoms with Crippen molar-refractivity contribution in [2.45, 2.75) is 43.2 Å². The van der Waals surface area contributed by atoms with Crippen LogP contribution in [-0.4, -0.2) is 18.5 Å². The zero-order valence-corrected chi connectivity index (χ0v) is 11.2. The third-order valence-electron chi connectivity index (χ3n) is 3.21. The highest BCUT2D eigenvalue weighted by Crippen LogP contribution is 2.30. The molecule has 0 aromatic heterocycles. The minimum Gasteiger partial charge on any atom is -0.377 e. The number of hydrogen-bond acceptors (Lipinski definition) is 3. The SMILES string of the molecule is CC[C@@H](N)c1ccccc1SCC1CCCO1. The highest BCUT2D eigenvalue weighted by molar-refractivity contribution is 7.99. The fourth-order valence-corrected chi connectivity index (χ4v) is 3.29. The standard InChI is InChI=1S/C14H21NOS/c1-2-13(15)12-7-3-4-8-14(12)17-10-11-6-5-9-16-11/h3-4,7-8,11,13H,2,5-6,9-10,15H2,1H3/t11?,13-/m1/s1. The Bertz CT molecular complexity index is 350. The van der Waals surface area contributed by atoms with E-state index in [0.29, 0.717) is 6.10 Å². The van der Waals surface area contributed by atoms with E-state index in [1.54, 1.807) is 0 Å². The van der Waals surface area contributed by atoms with E-state index in [0.717, 1.165) is 18.8 Å². The molecule has 0 saturated carbocycles. The van der Waals surface area contributed by atoms with Crippen LogP contribution >= 0.6 is 11.8 Å². The van der Waals surface area contributed by atoms with Crippen LogP contribution in [0.15, 0.2) is 29.2 Å². The first-order chi connectivity index (χ1) is 8.31. The van der Waals surface area contributed by atoms with Gasteiger partial charge >= 0.3 is 0 Å². The maximum Gasteiger partial charge on any atom is 0.0669 e. The molecule has 1 heterocycles. The van der Waals surface area contributed by atoms with Crippen molar-refractivity contribution in [1.82, 2.24) is 0 Å². The second kappa shape index (κ2) is 6.43. The molecule has 0 amide bonds. The van der Waals surface area contributed by atoms with Crippen molar-refractivity contribution in [3.8, 4) is 0 Å². The summed E-state index contributed by atoms with van der Waals surface area (Å²) in [5.41, 5.74) is 7.41. The van der Waals surface area contributed by atoms with E-state index >= 15 is 0 Å². The normalized spacial score (nSPS) is 21.6. The molecule has 94 valence electrons. The molecular weight excluding hydrogens is 230 g/mol. The maximum atomic E-state index is 6.13. The molecule has 3 heteroatoms. The Morgan fingerprint density at radius 2 is 2.29 bits per heavy atom. The van der Waals surface area contributed by atoms with E-state index in [9.17, 15) is 0 Å². The molecular formula is C14H21NOS. The van der Waals surface area contributed by atoms with Crippen molar-refractivity contribution < 1.29 is 4.74 Å². The summed E-state index contributed by atoms with van der Waals surface area (Å²) in [5, 5.41) is 0. The summed E-state index contributed by atoms with van der Waals surface area (Å²) in [7, 11) is 0. The van der Waals surface area contributed by atoms with E-state index in [4.69, 9.17) is 10.5 Å². The molecule has 0 spiro atoms. The van der Waals surface area contributed by atoms with Gasteiger partial charge in [0.2, 0.25) is 0 Å². The first-order valence-corrected chi connectivity index (χ1v) is 7.38. The van der Waals surface area contributed by atoms with Gasteiger partial charge in [-0.05, 0) is 30.9 Å². The van der Waals surface area contributed by atoms with Crippen molar-refractivity contribution >= 4 is 11.8 Å². The molecule has 1 aliphatic heterocycles. The molecule has 1 aromatic rings. The maximum absolute atomic E-state index is 6.13. The summed E-state index contributed by atoms with van der Waals surface area (Å²) < 4.78 is 5.65. The fourth-order valence-electron chi connectivity index (χ4n) is 2.10. The Morgan fingerprint density at radius 1 is 1.47 bits per heavy atom. The Balaban J connectivity index is 1.98. The van der Waals surface area contributed by atoms with Gasteiger partial charge in [-0.1, -0.05) is 25.1 Å². The average molecular weight is 251 g/mol. The molecule has 2 nitrogen and oxygen atoms in total. The zero-order chi connectivity index (χ0) is 12.1. The van der Waals surface area contributed by atoms with Crippen LogP contribution in [0.3, 0.4) is 0 Å². The quantitative estimate of drug-likeness (QED) is 0.815. The molecule has 2 N–H and O–H groups in total. The van der Waals surface area contributed by atoms with Gasteiger partial charge in [0, 0.05) is 23.3 Å². The van der Waals surface area contributed by atoms with E-state index < -0.39 is 0 Å². The van der Waals surface area contributed by atoms with Crippen molar-refractivity contribution in [3.05, 3.63) is 29.8 Å². The Labute approximate surface area is 108 Å². The van der Waals surface area contributed by atoms with Gasteiger partial charge in [-0.2, -0.15) is 0 Å². The zero-order valence-electron chi connectivity index (χ0n) is 10.4. The van der Waals surface area contributed by atoms with Gasteiger partial charge < -0.3 is 10.5 Å². The first-order valence-electron chi connectivity index (χ1n) is 6.40. The summed E-state index contributed by atoms with van der Waals surface area (Å²) in [5.74, 6) is 1.05. The third kappa shape index (κ3) is 3.47. The molecule has 1 aliphatic rings. The lowest BCUT2D eigenvalue weighted by Gasteiger charge is -2.15. The van der Waals surface area contributed by atoms with Crippen LogP contribution in [0.5, 0.6) is 0 Å². The predicted octanol–water partition coefficient (Wildman–Crippen LogP) is 3.37. The highest BCUT2D eigenvalue weighted by atomic mass is 32.2. The largest absolute Gasteiger partial charge is 0.377 e. The van der Waals surface area contributed by atoms with Crippen LogP contribution < -0.4 is 5.73 Å². The Kier molecular flexibility index (Phi) is 4.89. The minimum absolute atomic E-state index is 0.156. The molecule has 2 atom stereocenters. The van der Waals surface area contributed by atoms with Crippen LogP contribution in [0.2, 0.25) is 0 Å². The lowest BCUT2D eigenvalue weighted by atomic mass is 10.1. The Morgan fingerprint density at radius 3 is 3.00 bits per heavy atom. The summed E-state index contributed by atoms with van der Waals surface area (Å²) in [6.45, 7) is 3.06. The summed E-state index contributed by atoms with van der Waals surface area (Å²) in [4.78, 5) is 1.32. The lowest BCUT2D eigenvalue weighted by Crippen LogP contribution is -2.11. The molecule has 1 saturated heterocycles. The number of nitrogens with two attached hydrogens (primary N) is 1. The molecule has 1 unspecified atom stereocenters. The number of hydrogen-bond donors (Lipinski definition) is 1. The molecule has 0 aliphatic carbocycles. The number of thioether (sulfide) groups is 1. The van der Waals surface area contributed by atoms with E-state index in [1.165, 1.54) is 23.3 Å². The van der Waals surface area contributed by atoms with Crippen molar-refractivity contribution in [2.24, 2.45) is 5.73 Å². The van der Waals surface area contributed by atoms with Crippen LogP contribution in [0, 0.1) is 0 Å². The predicted molar refractivity (Wildman–Crippen MR) is 73.4 cm³/mol. The summed E-state index contributed by atoms with van der Waals surface area (Å²) >= 11 is 1.88. The van der Waals surface area contributed by atoms with E-state index in [2.05, 4.69) is 31.2 Å². The first kappa shape index (κ1) is 12.9. The van der Waals surface area contributed by atoms with Gasteiger partial charge in [-0.3, -0.25) is 0 Å². The average Bonchev–Trinajstić information content (AvgIpc) is 2.89. The van der Waals surface area contributed by atoms with Crippen molar-refractivity contribution in [2.75, 3.05) is 12.4 Å². The van der Waals surface area contributed by atoms with Gasteiger partial charge in [0.05, 0.1) is 6.10 Å². The van der Waals surface area contributed by atoms with Crippen LogP contribution in [0.1, 0.15) is 37.8 Å².